The largest absolute Gasteiger partial charge is 0.477 e. The SMILES string of the molecule is Cl.O=C(O)c1cc(C2=C(Cl)N=C([C@@H]3CCc4nc(-c5cc(Cl)ccc5-n5cnnn5)cc(=O)n43)C2)ccn1. The summed E-state index contributed by atoms with van der Waals surface area (Å²) < 4.78 is 3.13. The Morgan fingerprint density at radius 1 is 1.13 bits per heavy atom. The Balaban J connectivity index is 0.00000294. The third kappa shape index (κ3) is 4.49. The van der Waals surface area contributed by atoms with E-state index in [1.807, 2.05) is 0 Å². The molecule has 0 unspecified atom stereocenters. The Morgan fingerprint density at radius 2 is 1.97 bits per heavy atom. The first-order valence-corrected chi connectivity index (χ1v) is 12.0. The number of pyridine rings is 1. The highest BCUT2D eigenvalue weighted by atomic mass is 35.5. The van der Waals surface area contributed by atoms with Gasteiger partial charge in [0, 0.05) is 47.0 Å². The van der Waals surface area contributed by atoms with Crippen molar-refractivity contribution in [1.82, 2.24) is 34.7 Å². The number of aryl methyl sites for hydroxylation is 1. The van der Waals surface area contributed by atoms with E-state index in [4.69, 9.17) is 28.2 Å². The van der Waals surface area contributed by atoms with Gasteiger partial charge < -0.3 is 5.11 Å². The molecule has 0 fully saturated rings. The summed E-state index contributed by atoms with van der Waals surface area (Å²) in [5, 5.41) is 21.3. The Labute approximate surface area is 230 Å². The van der Waals surface area contributed by atoms with Gasteiger partial charge in [-0.25, -0.2) is 19.8 Å². The molecule has 0 radical (unpaired) electrons. The van der Waals surface area contributed by atoms with Gasteiger partial charge in [-0.05, 0) is 52.7 Å². The van der Waals surface area contributed by atoms with E-state index in [1.165, 1.54) is 29.3 Å². The van der Waals surface area contributed by atoms with E-state index in [9.17, 15) is 14.7 Å². The van der Waals surface area contributed by atoms with Crippen molar-refractivity contribution in [3.63, 3.8) is 0 Å². The second-order valence-corrected chi connectivity index (χ2v) is 9.31. The average molecular weight is 572 g/mol. The summed E-state index contributed by atoms with van der Waals surface area (Å²) in [5.41, 5.74) is 3.47. The van der Waals surface area contributed by atoms with Gasteiger partial charge in [0.15, 0.2) is 0 Å². The smallest absolute Gasteiger partial charge is 0.354 e. The first-order valence-electron chi connectivity index (χ1n) is 11.2. The molecular weight excluding hydrogens is 555 g/mol. The Hall–Kier alpha value is -3.93. The van der Waals surface area contributed by atoms with Crippen LogP contribution in [0.5, 0.6) is 0 Å². The number of hydrogen-bond acceptors (Lipinski definition) is 8. The third-order valence-electron chi connectivity index (χ3n) is 6.37. The minimum absolute atomic E-state index is 0. The van der Waals surface area contributed by atoms with Crippen LogP contribution in [0.1, 0.15) is 40.8 Å². The average Bonchev–Trinajstić information content (AvgIpc) is 3.64. The minimum Gasteiger partial charge on any atom is -0.477 e. The van der Waals surface area contributed by atoms with Gasteiger partial charge in [0.2, 0.25) is 0 Å². The molecule has 2 aliphatic heterocycles. The molecule has 0 amide bonds. The molecule has 0 saturated carbocycles. The number of aromatic carboxylic acids is 1. The van der Waals surface area contributed by atoms with E-state index in [0.717, 1.165) is 5.71 Å². The lowest BCUT2D eigenvalue weighted by molar-refractivity contribution is 0.0690. The van der Waals surface area contributed by atoms with Gasteiger partial charge in [-0.1, -0.05) is 23.2 Å². The third-order valence-corrected chi connectivity index (χ3v) is 6.92. The molecule has 14 heteroatoms. The number of benzene rings is 1. The molecular formula is C24H17Cl3N8O3. The normalized spacial score (nSPS) is 16.3. The monoisotopic (exact) mass is 570 g/mol. The zero-order valence-corrected chi connectivity index (χ0v) is 21.7. The zero-order chi connectivity index (χ0) is 25.7. The van der Waals surface area contributed by atoms with Crippen LogP contribution in [-0.4, -0.2) is 51.5 Å². The van der Waals surface area contributed by atoms with Crippen LogP contribution in [0.15, 0.2) is 63.9 Å². The number of carbonyl (C=O) groups is 1. The number of aromatic nitrogens is 7. The number of rotatable bonds is 5. The number of aliphatic imine (C=N–C) groups is 1. The number of fused-ring (bicyclic) bond motifs is 1. The van der Waals surface area contributed by atoms with E-state index in [2.05, 4.69) is 25.5 Å². The lowest BCUT2D eigenvalue weighted by Crippen LogP contribution is -2.28. The molecule has 0 spiro atoms. The van der Waals surface area contributed by atoms with Gasteiger partial charge >= 0.3 is 5.97 Å². The van der Waals surface area contributed by atoms with Crippen LogP contribution in [0.3, 0.4) is 0 Å². The van der Waals surface area contributed by atoms with Crippen LogP contribution < -0.4 is 5.56 Å². The molecule has 4 aromatic rings. The molecule has 2 aliphatic rings. The van der Waals surface area contributed by atoms with Gasteiger partial charge in [-0.3, -0.25) is 9.36 Å². The fraction of sp³-hybridized carbons (Fsp3) is 0.167. The van der Waals surface area contributed by atoms with Crippen LogP contribution in [0.4, 0.5) is 0 Å². The molecule has 3 aromatic heterocycles. The molecule has 1 N–H and O–H groups in total. The molecule has 38 heavy (non-hydrogen) atoms. The van der Waals surface area contributed by atoms with Crippen molar-refractivity contribution in [2.45, 2.75) is 25.3 Å². The maximum absolute atomic E-state index is 13.4. The molecule has 0 saturated heterocycles. The molecule has 0 bridgehead atoms. The van der Waals surface area contributed by atoms with E-state index in [-0.39, 0.29) is 34.9 Å². The number of carboxylic acid groups (broad SMARTS) is 1. The van der Waals surface area contributed by atoms with Gasteiger partial charge in [0.25, 0.3) is 5.56 Å². The summed E-state index contributed by atoms with van der Waals surface area (Å²) >= 11 is 12.7. The fourth-order valence-corrected chi connectivity index (χ4v) is 5.17. The van der Waals surface area contributed by atoms with Gasteiger partial charge in [-0.15, -0.1) is 17.5 Å². The molecule has 1 atom stereocenters. The second kappa shape index (κ2) is 10.1. The van der Waals surface area contributed by atoms with Crippen LogP contribution in [0, 0.1) is 0 Å². The molecule has 1 aromatic carbocycles. The maximum Gasteiger partial charge on any atom is 0.354 e. The first kappa shape index (κ1) is 25.7. The molecule has 6 rings (SSSR count). The van der Waals surface area contributed by atoms with E-state index < -0.39 is 5.97 Å². The number of nitrogens with zero attached hydrogens (tertiary/aromatic N) is 8. The van der Waals surface area contributed by atoms with Gasteiger partial charge in [-0.2, -0.15) is 4.68 Å². The predicted molar refractivity (Wildman–Crippen MR) is 142 cm³/mol. The maximum atomic E-state index is 13.4. The predicted octanol–water partition coefficient (Wildman–Crippen LogP) is 3.99. The number of tetrazole rings is 1. The quantitative estimate of drug-likeness (QED) is 0.355. The highest BCUT2D eigenvalue weighted by Crippen LogP contribution is 2.38. The molecule has 5 heterocycles. The number of carboxylic acids is 1. The Kier molecular flexibility index (Phi) is 6.82. The zero-order valence-electron chi connectivity index (χ0n) is 19.3. The van der Waals surface area contributed by atoms with Crippen molar-refractivity contribution in [3.05, 3.63) is 86.5 Å². The summed E-state index contributed by atoms with van der Waals surface area (Å²) in [7, 11) is 0. The lowest BCUT2D eigenvalue weighted by Gasteiger charge is -2.16. The van der Waals surface area contributed by atoms with Crippen molar-refractivity contribution in [3.8, 4) is 16.9 Å². The summed E-state index contributed by atoms with van der Waals surface area (Å²) in [6.45, 7) is 0. The van der Waals surface area contributed by atoms with Crippen molar-refractivity contribution in [2.75, 3.05) is 0 Å². The highest BCUT2D eigenvalue weighted by Gasteiger charge is 2.33. The Morgan fingerprint density at radius 3 is 2.74 bits per heavy atom. The summed E-state index contributed by atoms with van der Waals surface area (Å²) in [6, 6.07) is 9.52. The molecule has 192 valence electrons. The van der Waals surface area contributed by atoms with Gasteiger partial charge in [0.05, 0.1) is 17.4 Å². The summed E-state index contributed by atoms with van der Waals surface area (Å²) in [6.07, 6.45) is 4.47. The Bertz CT molecular complexity index is 1700. The van der Waals surface area contributed by atoms with E-state index >= 15 is 0 Å². The number of allylic oxidation sites excluding steroid dienone is 1. The second-order valence-electron chi connectivity index (χ2n) is 8.52. The van der Waals surface area contributed by atoms with Crippen molar-refractivity contribution in [1.29, 1.82) is 0 Å². The molecule has 0 aliphatic carbocycles. The number of hydrogen-bond donors (Lipinski definition) is 1. The minimum atomic E-state index is -1.13. The van der Waals surface area contributed by atoms with Crippen molar-refractivity contribution < 1.29 is 9.90 Å². The van der Waals surface area contributed by atoms with E-state index in [1.54, 1.807) is 28.8 Å². The summed E-state index contributed by atoms with van der Waals surface area (Å²) in [4.78, 5) is 37.9. The lowest BCUT2D eigenvalue weighted by atomic mass is 9.99. The van der Waals surface area contributed by atoms with Crippen LogP contribution in [0.25, 0.3) is 22.5 Å². The topological polar surface area (TPSA) is 141 Å². The van der Waals surface area contributed by atoms with Crippen LogP contribution >= 0.6 is 35.6 Å². The molecule has 11 nitrogen and oxygen atoms in total. The van der Waals surface area contributed by atoms with Crippen LogP contribution in [-0.2, 0) is 6.42 Å². The summed E-state index contributed by atoms with van der Waals surface area (Å²) in [5.74, 6) is -0.502. The van der Waals surface area contributed by atoms with Crippen molar-refractivity contribution in [2.24, 2.45) is 4.99 Å². The number of halogens is 3. The van der Waals surface area contributed by atoms with Gasteiger partial charge in [0.1, 0.15) is 23.0 Å². The van der Waals surface area contributed by atoms with Crippen molar-refractivity contribution >= 4 is 52.9 Å². The van der Waals surface area contributed by atoms with Crippen LogP contribution in [0.2, 0.25) is 5.02 Å². The van der Waals surface area contributed by atoms with E-state index in [0.29, 0.717) is 58.2 Å². The fourth-order valence-electron chi connectivity index (χ4n) is 4.72. The standard InChI is InChI=1S/C24H16Cl2N8O3.ClH/c25-13-1-2-19(33-11-28-31-32-33)15(8-13)16-10-22(35)34-20(3-4-21(34)29-16)17-9-14(23(26)30-17)12-5-6-27-18(7-12)24(36)37;/h1-2,5-8,10-11,20H,3-4,9H2,(H,36,37);1H/t20-;/m0./s1. The highest BCUT2D eigenvalue weighted by molar-refractivity contribution is 6.35. The first-order chi connectivity index (χ1) is 17.9.